The number of para-hydroxylation sites is 1. The summed E-state index contributed by atoms with van der Waals surface area (Å²) in [6, 6.07) is 15.6. The second kappa shape index (κ2) is 10.1. The predicted molar refractivity (Wildman–Crippen MR) is 129 cm³/mol. The second-order valence-corrected chi connectivity index (χ2v) is 8.81. The smallest absolute Gasteiger partial charge is 0.293 e. The van der Waals surface area contributed by atoms with Gasteiger partial charge in [-0.1, -0.05) is 44.2 Å². The van der Waals surface area contributed by atoms with Crippen LogP contribution in [0.4, 0.5) is 0 Å². The van der Waals surface area contributed by atoms with E-state index >= 15 is 0 Å². The molecule has 178 valence electrons. The molecule has 0 bridgehead atoms. The fourth-order valence-electron chi connectivity index (χ4n) is 4.25. The minimum Gasteiger partial charge on any atom is -0.497 e. The fourth-order valence-corrected chi connectivity index (χ4v) is 4.25. The van der Waals surface area contributed by atoms with Gasteiger partial charge in [0, 0.05) is 26.2 Å². The number of carbonyl (C=O) groups is 2. The van der Waals surface area contributed by atoms with Gasteiger partial charge in [0.05, 0.1) is 19.2 Å². The highest BCUT2D eigenvalue weighted by molar-refractivity contribution is 5.90. The normalized spacial score (nSPS) is 13.9. The van der Waals surface area contributed by atoms with Crippen LogP contribution >= 0.6 is 0 Å². The summed E-state index contributed by atoms with van der Waals surface area (Å²) in [4.78, 5) is 33.9. The number of carbonyl (C=O) groups excluding carboxylic acids is 2. The van der Waals surface area contributed by atoms with Crippen molar-refractivity contribution in [1.82, 2.24) is 24.6 Å². The summed E-state index contributed by atoms with van der Waals surface area (Å²) in [6.07, 6.45) is 0.311. The van der Waals surface area contributed by atoms with Gasteiger partial charge in [-0.05, 0) is 42.2 Å². The van der Waals surface area contributed by atoms with Crippen LogP contribution in [-0.2, 0) is 11.2 Å². The Morgan fingerprint density at radius 2 is 1.71 bits per heavy atom. The van der Waals surface area contributed by atoms with Crippen LogP contribution in [0.1, 0.15) is 47.3 Å². The van der Waals surface area contributed by atoms with Gasteiger partial charge < -0.3 is 14.5 Å². The molecule has 0 saturated carbocycles. The van der Waals surface area contributed by atoms with Crippen LogP contribution in [0, 0.1) is 6.92 Å². The Labute approximate surface area is 200 Å². The molecule has 0 spiro atoms. The number of hydrogen-bond acceptors (Lipinski definition) is 5. The minimum absolute atomic E-state index is 0.0453. The Balaban J connectivity index is 1.40. The molecule has 2 heterocycles. The first-order valence-electron chi connectivity index (χ1n) is 11.6. The zero-order chi connectivity index (χ0) is 24.2. The SMILES string of the molecule is COc1cccc(CC(=O)N2CCN(C(=O)c3nc(C)n(-c4ccccc4C(C)C)n3)CC2)c1. The molecule has 0 atom stereocenters. The number of aryl methyl sites for hydroxylation is 1. The van der Waals surface area contributed by atoms with Gasteiger partial charge in [-0.3, -0.25) is 9.59 Å². The van der Waals surface area contributed by atoms with E-state index in [1.807, 2.05) is 49.4 Å². The molecule has 2 amide bonds. The zero-order valence-electron chi connectivity index (χ0n) is 20.2. The molecule has 4 rings (SSSR count). The Bertz CT molecular complexity index is 1180. The number of hydrogen-bond donors (Lipinski definition) is 0. The molecule has 1 saturated heterocycles. The van der Waals surface area contributed by atoms with Crippen molar-refractivity contribution in [3.8, 4) is 11.4 Å². The number of aromatic nitrogens is 3. The molecule has 8 heteroatoms. The predicted octanol–water partition coefficient (Wildman–Crippen LogP) is 3.23. The second-order valence-electron chi connectivity index (χ2n) is 8.81. The van der Waals surface area contributed by atoms with Crippen molar-refractivity contribution < 1.29 is 14.3 Å². The number of benzene rings is 2. The van der Waals surface area contributed by atoms with Crippen molar-refractivity contribution in [2.24, 2.45) is 0 Å². The van der Waals surface area contributed by atoms with Gasteiger partial charge in [-0.25, -0.2) is 9.67 Å². The summed E-state index contributed by atoms with van der Waals surface area (Å²) < 4.78 is 6.98. The molecule has 0 radical (unpaired) electrons. The van der Waals surface area contributed by atoms with Crippen LogP contribution < -0.4 is 4.74 Å². The Hall–Kier alpha value is -3.68. The molecule has 1 aliphatic rings. The molecule has 1 aliphatic heterocycles. The Morgan fingerprint density at radius 3 is 2.41 bits per heavy atom. The topological polar surface area (TPSA) is 80.6 Å². The molecule has 0 aliphatic carbocycles. The number of piperazine rings is 1. The molecular formula is C26H31N5O3. The first kappa shape index (κ1) is 23.5. The van der Waals surface area contributed by atoms with E-state index in [9.17, 15) is 9.59 Å². The summed E-state index contributed by atoms with van der Waals surface area (Å²) in [7, 11) is 1.61. The number of nitrogens with zero attached hydrogens (tertiary/aromatic N) is 5. The summed E-state index contributed by atoms with van der Waals surface area (Å²) in [5.41, 5.74) is 3.00. The molecule has 3 aromatic rings. The van der Waals surface area contributed by atoms with E-state index in [-0.39, 0.29) is 17.6 Å². The van der Waals surface area contributed by atoms with Crippen molar-refractivity contribution in [1.29, 1.82) is 0 Å². The van der Waals surface area contributed by atoms with Crippen LogP contribution in [-0.4, -0.2) is 69.7 Å². The highest BCUT2D eigenvalue weighted by Crippen LogP contribution is 2.23. The standard InChI is InChI=1S/C26H31N5O3/c1-18(2)22-10-5-6-11-23(22)31-19(3)27-25(28-31)26(33)30-14-12-29(13-15-30)24(32)17-20-8-7-9-21(16-20)34-4/h5-11,16,18H,12-15,17H2,1-4H3. The molecular weight excluding hydrogens is 430 g/mol. The zero-order valence-corrected chi connectivity index (χ0v) is 20.2. The van der Waals surface area contributed by atoms with E-state index in [1.165, 1.54) is 0 Å². The first-order chi connectivity index (χ1) is 16.4. The average Bonchev–Trinajstić information content (AvgIpc) is 3.25. The van der Waals surface area contributed by atoms with Gasteiger partial charge in [0.2, 0.25) is 11.7 Å². The average molecular weight is 462 g/mol. The summed E-state index contributed by atoms with van der Waals surface area (Å²) >= 11 is 0. The van der Waals surface area contributed by atoms with Gasteiger partial charge in [0.1, 0.15) is 11.6 Å². The van der Waals surface area contributed by atoms with E-state index in [0.717, 1.165) is 22.6 Å². The third-order valence-electron chi connectivity index (χ3n) is 6.16. The Morgan fingerprint density at radius 1 is 1.00 bits per heavy atom. The molecule has 2 aromatic carbocycles. The maximum Gasteiger partial charge on any atom is 0.293 e. The highest BCUT2D eigenvalue weighted by Gasteiger charge is 2.28. The van der Waals surface area contributed by atoms with E-state index < -0.39 is 0 Å². The number of amides is 2. The van der Waals surface area contributed by atoms with Crippen molar-refractivity contribution in [3.63, 3.8) is 0 Å². The third-order valence-corrected chi connectivity index (χ3v) is 6.16. The quantitative estimate of drug-likeness (QED) is 0.563. The summed E-state index contributed by atoms with van der Waals surface area (Å²) in [6.45, 7) is 8.01. The summed E-state index contributed by atoms with van der Waals surface area (Å²) in [5, 5.41) is 4.55. The first-order valence-corrected chi connectivity index (χ1v) is 11.6. The van der Waals surface area contributed by atoms with Gasteiger partial charge in [0.25, 0.3) is 5.91 Å². The van der Waals surface area contributed by atoms with E-state index in [4.69, 9.17) is 4.74 Å². The van der Waals surface area contributed by atoms with Gasteiger partial charge in [-0.2, -0.15) is 0 Å². The fraction of sp³-hybridized carbons (Fsp3) is 0.385. The maximum absolute atomic E-state index is 13.1. The molecule has 0 N–H and O–H groups in total. The highest BCUT2D eigenvalue weighted by atomic mass is 16.5. The third kappa shape index (κ3) is 4.95. The molecule has 0 unspecified atom stereocenters. The van der Waals surface area contributed by atoms with E-state index in [2.05, 4.69) is 30.0 Å². The van der Waals surface area contributed by atoms with Crippen molar-refractivity contribution >= 4 is 11.8 Å². The van der Waals surface area contributed by atoms with Gasteiger partial charge in [0.15, 0.2) is 0 Å². The van der Waals surface area contributed by atoms with Crippen LogP contribution in [0.25, 0.3) is 5.69 Å². The molecule has 1 fully saturated rings. The van der Waals surface area contributed by atoms with Gasteiger partial charge >= 0.3 is 0 Å². The number of ether oxygens (including phenoxy) is 1. The lowest BCUT2D eigenvalue weighted by Crippen LogP contribution is -2.51. The lowest BCUT2D eigenvalue weighted by atomic mass is 10.0. The van der Waals surface area contributed by atoms with Crippen LogP contribution in [0.2, 0.25) is 0 Å². The Kier molecular flexibility index (Phi) is 6.95. The minimum atomic E-state index is -0.205. The van der Waals surface area contributed by atoms with E-state index in [0.29, 0.717) is 44.3 Å². The van der Waals surface area contributed by atoms with Crippen LogP contribution in [0.15, 0.2) is 48.5 Å². The lowest BCUT2D eigenvalue weighted by Gasteiger charge is -2.34. The van der Waals surface area contributed by atoms with Crippen molar-refractivity contribution in [2.45, 2.75) is 33.1 Å². The van der Waals surface area contributed by atoms with Crippen LogP contribution in [0.3, 0.4) is 0 Å². The van der Waals surface area contributed by atoms with Crippen molar-refractivity contribution in [2.75, 3.05) is 33.3 Å². The maximum atomic E-state index is 13.1. The van der Waals surface area contributed by atoms with Crippen LogP contribution in [0.5, 0.6) is 5.75 Å². The number of methoxy groups -OCH3 is 1. The summed E-state index contributed by atoms with van der Waals surface area (Å²) in [5.74, 6) is 1.75. The lowest BCUT2D eigenvalue weighted by molar-refractivity contribution is -0.131. The van der Waals surface area contributed by atoms with Crippen molar-refractivity contribution in [3.05, 3.63) is 71.3 Å². The van der Waals surface area contributed by atoms with E-state index in [1.54, 1.807) is 21.6 Å². The molecule has 1 aromatic heterocycles. The van der Waals surface area contributed by atoms with Gasteiger partial charge in [-0.15, -0.1) is 5.10 Å². The molecule has 34 heavy (non-hydrogen) atoms. The largest absolute Gasteiger partial charge is 0.497 e. The number of rotatable bonds is 6. The monoisotopic (exact) mass is 461 g/mol. The molecule has 8 nitrogen and oxygen atoms in total.